The SMILES string of the molecule is CC(CCCCNC(=O)Oc1ccc([N+](=O)[O-])cc1)COCO. The Hall–Kier alpha value is -2.19. The van der Waals surface area contributed by atoms with Crippen molar-refractivity contribution in [2.24, 2.45) is 5.92 Å². The van der Waals surface area contributed by atoms with Gasteiger partial charge in [0.25, 0.3) is 5.69 Å². The van der Waals surface area contributed by atoms with Crippen LogP contribution in [0, 0.1) is 16.0 Å². The van der Waals surface area contributed by atoms with Gasteiger partial charge in [0.05, 0.1) is 11.5 Å². The molecule has 0 saturated heterocycles. The number of benzene rings is 1. The third-order valence-electron chi connectivity index (χ3n) is 3.14. The van der Waals surface area contributed by atoms with E-state index in [1.807, 2.05) is 6.92 Å². The molecular formula is C15H22N2O6. The van der Waals surface area contributed by atoms with Crippen LogP contribution < -0.4 is 10.1 Å². The summed E-state index contributed by atoms with van der Waals surface area (Å²) in [7, 11) is 0. The second-order valence-corrected chi connectivity index (χ2v) is 5.17. The maximum absolute atomic E-state index is 11.6. The number of non-ortho nitro benzene ring substituents is 1. The van der Waals surface area contributed by atoms with Crippen LogP contribution in [0.25, 0.3) is 0 Å². The summed E-state index contributed by atoms with van der Waals surface area (Å²) < 4.78 is 9.91. The number of hydrogen-bond acceptors (Lipinski definition) is 6. The first-order valence-electron chi connectivity index (χ1n) is 7.41. The van der Waals surface area contributed by atoms with Crippen molar-refractivity contribution >= 4 is 11.8 Å². The molecule has 0 fully saturated rings. The standard InChI is InChI=1S/C15H22N2O6/c1-12(10-22-11-18)4-2-3-9-16-15(19)23-14-7-5-13(6-8-14)17(20)21/h5-8,12,18H,2-4,9-11H2,1H3,(H,16,19). The molecule has 0 spiro atoms. The second-order valence-electron chi connectivity index (χ2n) is 5.17. The molecule has 0 aliphatic carbocycles. The Kier molecular flexibility index (Phi) is 8.63. The molecule has 8 nitrogen and oxygen atoms in total. The van der Waals surface area contributed by atoms with E-state index >= 15 is 0 Å². The molecule has 0 saturated carbocycles. The number of amides is 1. The van der Waals surface area contributed by atoms with E-state index in [9.17, 15) is 14.9 Å². The van der Waals surface area contributed by atoms with Crippen LogP contribution in [0.4, 0.5) is 10.5 Å². The number of carbonyl (C=O) groups excluding carboxylic acids is 1. The zero-order valence-corrected chi connectivity index (χ0v) is 13.1. The Morgan fingerprint density at radius 3 is 2.65 bits per heavy atom. The predicted molar refractivity (Wildman–Crippen MR) is 83.2 cm³/mol. The Morgan fingerprint density at radius 2 is 2.04 bits per heavy atom. The molecule has 0 aliphatic heterocycles. The quantitative estimate of drug-likeness (QED) is 0.296. The number of aliphatic hydroxyl groups excluding tert-OH is 1. The van der Waals surface area contributed by atoms with E-state index < -0.39 is 11.0 Å². The van der Waals surface area contributed by atoms with Crippen LogP contribution in [-0.4, -0.2) is 36.1 Å². The lowest BCUT2D eigenvalue weighted by molar-refractivity contribution is -0.384. The highest BCUT2D eigenvalue weighted by molar-refractivity contribution is 5.70. The van der Waals surface area contributed by atoms with Crippen molar-refractivity contribution in [3.05, 3.63) is 34.4 Å². The molecule has 1 aromatic rings. The van der Waals surface area contributed by atoms with E-state index in [0.717, 1.165) is 19.3 Å². The van der Waals surface area contributed by atoms with Crippen LogP contribution >= 0.6 is 0 Å². The lowest BCUT2D eigenvalue weighted by atomic mass is 10.1. The minimum Gasteiger partial charge on any atom is -0.410 e. The van der Waals surface area contributed by atoms with Crippen molar-refractivity contribution < 1.29 is 24.3 Å². The van der Waals surface area contributed by atoms with Gasteiger partial charge in [0.2, 0.25) is 0 Å². The second kappa shape index (κ2) is 10.5. The number of rotatable bonds is 10. The number of aliphatic hydroxyl groups is 1. The molecule has 128 valence electrons. The number of nitro groups is 1. The monoisotopic (exact) mass is 326 g/mol. The van der Waals surface area contributed by atoms with Gasteiger partial charge >= 0.3 is 6.09 Å². The average Bonchev–Trinajstić information content (AvgIpc) is 2.53. The molecule has 0 aromatic heterocycles. The van der Waals surface area contributed by atoms with Gasteiger partial charge in [0.1, 0.15) is 12.5 Å². The Morgan fingerprint density at radius 1 is 1.35 bits per heavy atom. The van der Waals surface area contributed by atoms with Crippen LogP contribution in [0.3, 0.4) is 0 Å². The first-order chi connectivity index (χ1) is 11.0. The maximum Gasteiger partial charge on any atom is 0.412 e. The molecule has 23 heavy (non-hydrogen) atoms. The van der Waals surface area contributed by atoms with Crippen molar-refractivity contribution in [3.8, 4) is 5.75 Å². The van der Waals surface area contributed by atoms with Gasteiger partial charge in [0, 0.05) is 18.7 Å². The highest BCUT2D eigenvalue weighted by Crippen LogP contribution is 2.17. The Balaban J connectivity index is 2.16. The molecule has 2 N–H and O–H groups in total. The van der Waals surface area contributed by atoms with Gasteiger partial charge in [-0.15, -0.1) is 0 Å². The van der Waals surface area contributed by atoms with Crippen molar-refractivity contribution in [3.63, 3.8) is 0 Å². The highest BCUT2D eigenvalue weighted by Gasteiger charge is 2.08. The Bertz CT molecular complexity index is 491. The molecule has 1 atom stereocenters. The van der Waals surface area contributed by atoms with Crippen molar-refractivity contribution in [1.29, 1.82) is 0 Å². The van der Waals surface area contributed by atoms with Gasteiger partial charge in [-0.2, -0.15) is 0 Å². The van der Waals surface area contributed by atoms with E-state index in [4.69, 9.17) is 14.6 Å². The zero-order chi connectivity index (χ0) is 17.1. The van der Waals surface area contributed by atoms with Gasteiger partial charge in [-0.05, 0) is 30.9 Å². The van der Waals surface area contributed by atoms with Gasteiger partial charge in [-0.3, -0.25) is 10.1 Å². The van der Waals surface area contributed by atoms with E-state index in [-0.39, 0.29) is 18.2 Å². The van der Waals surface area contributed by atoms with E-state index in [1.165, 1.54) is 24.3 Å². The van der Waals surface area contributed by atoms with Crippen LogP contribution in [0.5, 0.6) is 5.75 Å². The first-order valence-corrected chi connectivity index (χ1v) is 7.41. The summed E-state index contributed by atoms with van der Waals surface area (Å²) in [5.74, 6) is 0.608. The number of hydrogen-bond donors (Lipinski definition) is 2. The molecule has 1 amide bonds. The van der Waals surface area contributed by atoms with Crippen LogP contribution in [0.15, 0.2) is 24.3 Å². The smallest absolute Gasteiger partial charge is 0.410 e. The number of ether oxygens (including phenoxy) is 2. The van der Waals surface area contributed by atoms with Gasteiger partial charge in [0.15, 0.2) is 0 Å². The Labute approximate surface area is 134 Å². The number of nitrogens with zero attached hydrogens (tertiary/aromatic N) is 1. The predicted octanol–water partition coefficient (Wildman–Crippen LogP) is 2.46. The summed E-state index contributed by atoms with van der Waals surface area (Å²) in [6, 6.07) is 5.30. The maximum atomic E-state index is 11.6. The number of nitro benzene ring substituents is 1. The van der Waals surface area contributed by atoms with Crippen molar-refractivity contribution in [2.45, 2.75) is 26.2 Å². The van der Waals surface area contributed by atoms with E-state index in [0.29, 0.717) is 19.1 Å². The normalized spacial score (nSPS) is 11.7. The van der Waals surface area contributed by atoms with Crippen LogP contribution in [-0.2, 0) is 4.74 Å². The molecular weight excluding hydrogens is 304 g/mol. The lowest BCUT2D eigenvalue weighted by Gasteiger charge is -2.10. The molecule has 0 aliphatic rings. The van der Waals surface area contributed by atoms with Gasteiger partial charge in [-0.25, -0.2) is 4.79 Å². The highest BCUT2D eigenvalue weighted by atomic mass is 16.6. The molecule has 0 radical (unpaired) electrons. The largest absolute Gasteiger partial charge is 0.412 e. The average molecular weight is 326 g/mol. The van der Waals surface area contributed by atoms with Crippen molar-refractivity contribution in [1.82, 2.24) is 5.32 Å². The summed E-state index contributed by atoms with van der Waals surface area (Å²) in [4.78, 5) is 21.5. The zero-order valence-electron chi connectivity index (χ0n) is 13.1. The topological polar surface area (TPSA) is 111 Å². The van der Waals surface area contributed by atoms with E-state index in [2.05, 4.69) is 5.32 Å². The van der Waals surface area contributed by atoms with Crippen LogP contribution in [0.1, 0.15) is 26.2 Å². The number of unbranched alkanes of at least 4 members (excludes halogenated alkanes) is 1. The minimum atomic E-state index is -0.587. The molecule has 0 bridgehead atoms. The summed E-state index contributed by atoms with van der Waals surface area (Å²) >= 11 is 0. The summed E-state index contributed by atoms with van der Waals surface area (Å²) in [6.07, 6.45) is 2.08. The molecule has 1 aromatic carbocycles. The number of nitrogens with one attached hydrogen (secondary N) is 1. The number of carbonyl (C=O) groups is 1. The summed E-state index contributed by atoms with van der Waals surface area (Å²) in [6.45, 7) is 2.78. The molecule has 1 rings (SSSR count). The fourth-order valence-corrected chi connectivity index (χ4v) is 1.92. The summed E-state index contributed by atoms with van der Waals surface area (Å²) in [5.41, 5.74) is -0.0583. The summed E-state index contributed by atoms with van der Waals surface area (Å²) in [5, 5.41) is 21.7. The lowest BCUT2D eigenvalue weighted by Crippen LogP contribution is -2.27. The first kappa shape index (κ1) is 18.9. The van der Waals surface area contributed by atoms with Gasteiger partial charge < -0.3 is 19.9 Å². The minimum absolute atomic E-state index is 0.0583. The third-order valence-corrected chi connectivity index (χ3v) is 3.14. The van der Waals surface area contributed by atoms with Gasteiger partial charge in [-0.1, -0.05) is 13.3 Å². The molecule has 8 heteroatoms. The third kappa shape index (κ3) is 8.12. The molecule has 1 unspecified atom stereocenters. The van der Waals surface area contributed by atoms with Crippen LogP contribution in [0.2, 0.25) is 0 Å². The molecule has 0 heterocycles. The van der Waals surface area contributed by atoms with Crippen molar-refractivity contribution in [2.75, 3.05) is 19.9 Å². The fourth-order valence-electron chi connectivity index (χ4n) is 1.92. The van der Waals surface area contributed by atoms with E-state index in [1.54, 1.807) is 0 Å². The fraction of sp³-hybridized carbons (Fsp3) is 0.533.